The standard InChI is InChI=1S/C35H31F8N7O2S/c1-48(17-5-8-49(14-17)31(51)22-11-34(22,39)40)30-19-9-21(35(41,42)43)25(18-3-4-23(37)28-24(18)20(12-44)29(45)53-28)26(38)27(19)46-32(47-30)52-15-33-6-2-7-50(33)13-16(36)10-33/h3-4,9,16-17,22H,2,5-8,10-11,13-15,45H2,1H3. The molecule has 2 N–H and O–H groups in total. The fourth-order valence-electron chi connectivity index (χ4n) is 8.30. The smallest absolute Gasteiger partial charge is 0.417 e. The Labute approximate surface area is 300 Å². The number of thiophene rings is 1. The summed E-state index contributed by atoms with van der Waals surface area (Å²) in [5.41, 5.74) is 1.46. The summed E-state index contributed by atoms with van der Waals surface area (Å²) in [6, 6.07) is 3.25. The van der Waals surface area contributed by atoms with Crippen molar-refractivity contribution >= 4 is 49.1 Å². The predicted octanol–water partition coefficient (Wildman–Crippen LogP) is 6.91. The maximum atomic E-state index is 17.1. The molecule has 2 aromatic heterocycles. The molecule has 4 aliphatic rings. The minimum absolute atomic E-state index is 0.0453. The number of nitrogens with two attached hydrogens (primary N) is 1. The zero-order valence-electron chi connectivity index (χ0n) is 28.0. The maximum Gasteiger partial charge on any atom is 0.417 e. The summed E-state index contributed by atoms with van der Waals surface area (Å²) < 4.78 is 125. The molecule has 2 aromatic carbocycles. The van der Waals surface area contributed by atoms with E-state index in [0.29, 0.717) is 30.4 Å². The van der Waals surface area contributed by atoms with Crippen LogP contribution in [0, 0.1) is 28.9 Å². The first-order chi connectivity index (χ1) is 25.0. The number of amides is 1. The van der Waals surface area contributed by atoms with Crippen molar-refractivity contribution in [2.24, 2.45) is 5.92 Å². The highest BCUT2D eigenvalue weighted by Crippen LogP contribution is 2.51. The number of nitrogens with zero attached hydrogens (tertiary/aromatic N) is 6. The van der Waals surface area contributed by atoms with E-state index in [-0.39, 0.29) is 70.9 Å². The quantitative estimate of drug-likeness (QED) is 0.202. The van der Waals surface area contributed by atoms with Crippen LogP contribution in [0.15, 0.2) is 18.2 Å². The van der Waals surface area contributed by atoms with E-state index >= 15 is 17.6 Å². The zero-order valence-corrected chi connectivity index (χ0v) is 28.9. The van der Waals surface area contributed by atoms with Crippen molar-refractivity contribution in [1.82, 2.24) is 19.8 Å². The van der Waals surface area contributed by atoms with Crippen LogP contribution in [0.5, 0.6) is 6.01 Å². The lowest BCUT2D eigenvalue weighted by Crippen LogP contribution is -2.43. The van der Waals surface area contributed by atoms with Crippen molar-refractivity contribution in [1.29, 1.82) is 5.26 Å². The van der Waals surface area contributed by atoms with Crippen molar-refractivity contribution < 1.29 is 44.7 Å². The Morgan fingerprint density at radius 3 is 2.64 bits per heavy atom. The number of benzene rings is 2. The van der Waals surface area contributed by atoms with Crippen LogP contribution in [0.25, 0.3) is 32.1 Å². The Hall–Kier alpha value is -4.50. The van der Waals surface area contributed by atoms with Crippen molar-refractivity contribution in [3.8, 4) is 23.2 Å². The van der Waals surface area contributed by atoms with Crippen molar-refractivity contribution in [3.05, 3.63) is 41.0 Å². The van der Waals surface area contributed by atoms with Gasteiger partial charge in [0.05, 0.1) is 21.4 Å². The number of aromatic nitrogens is 2. The number of halogens is 8. The number of nitriles is 1. The average Bonchev–Trinajstić information content (AvgIpc) is 3.59. The molecule has 4 aromatic rings. The number of hydrogen-bond donors (Lipinski definition) is 1. The zero-order chi connectivity index (χ0) is 37.8. The second-order valence-corrected chi connectivity index (χ2v) is 15.4. The first-order valence-electron chi connectivity index (χ1n) is 17.0. The van der Waals surface area contributed by atoms with Gasteiger partial charge in [-0.1, -0.05) is 6.07 Å². The molecule has 3 saturated heterocycles. The number of likely N-dealkylation sites (tertiary alicyclic amines) is 1. The fraction of sp³-hybridized carbons (Fsp3) is 0.486. The molecule has 280 valence electrons. The Kier molecular flexibility index (Phi) is 8.22. The molecule has 1 saturated carbocycles. The summed E-state index contributed by atoms with van der Waals surface area (Å²) in [6.07, 6.45) is -5.02. The van der Waals surface area contributed by atoms with E-state index < -0.39 is 87.9 Å². The molecular weight excluding hydrogens is 734 g/mol. The molecule has 53 heavy (non-hydrogen) atoms. The molecule has 0 spiro atoms. The van der Waals surface area contributed by atoms with Crippen LogP contribution in [-0.4, -0.2) is 89.2 Å². The first kappa shape index (κ1) is 35.5. The third kappa shape index (κ3) is 5.77. The van der Waals surface area contributed by atoms with Gasteiger partial charge in [-0.25, -0.2) is 22.0 Å². The number of anilines is 2. The number of nitrogen functional groups attached to an aromatic ring is 1. The van der Waals surface area contributed by atoms with E-state index in [9.17, 15) is 27.6 Å². The van der Waals surface area contributed by atoms with Crippen molar-refractivity contribution in [2.45, 2.75) is 62.0 Å². The summed E-state index contributed by atoms with van der Waals surface area (Å²) >= 11 is 0.642. The predicted molar refractivity (Wildman–Crippen MR) is 179 cm³/mol. The molecule has 8 rings (SSSR count). The fourth-order valence-corrected chi connectivity index (χ4v) is 9.25. The molecule has 4 fully saturated rings. The lowest BCUT2D eigenvalue weighted by Gasteiger charge is -2.31. The van der Waals surface area contributed by atoms with Crippen LogP contribution in [0.4, 0.5) is 45.9 Å². The third-order valence-corrected chi connectivity index (χ3v) is 12.1. The van der Waals surface area contributed by atoms with Crippen LogP contribution in [0.2, 0.25) is 0 Å². The van der Waals surface area contributed by atoms with E-state index in [2.05, 4.69) is 9.97 Å². The van der Waals surface area contributed by atoms with Gasteiger partial charge in [-0.05, 0) is 43.5 Å². The number of ether oxygens (including phenoxy) is 1. The highest BCUT2D eigenvalue weighted by atomic mass is 32.1. The topological polar surface area (TPSA) is 112 Å². The van der Waals surface area contributed by atoms with Gasteiger partial charge in [0.1, 0.15) is 46.9 Å². The Morgan fingerprint density at radius 2 is 1.94 bits per heavy atom. The number of alkyl halides is 6. The Balaban J connectivity index is 1.28. The van der Waals surface area contributed by atoms with Crippen LogP contribution < -0.4 is 15.4 Å². The van der Waals surface area contributed by atoms with Gasteiger partial charge in [0.2, 0.25) is 5.91 Å². The highest BCUT2D eigenvalue weighted by molar-refractivity contribution is 7.23. The van der Waals surface area contributed by atoms with E-state index in [1.54, 1.807) is 6.07 Å². The minimum atomic E-state index is -5.19. The molecule has 5 heterocycles. The van der Waals surface area contributed by atoms with Crippen LogP contribution in [0.1, 0.15) is 43.2 Å². The third-order valence-electron chi connectivity index (χ3n) is 11.1. The lowest BCUT2D eigenvalue weighted by atomic mass is 9.92. The minimum Gasteiger partial charge on any atom is -0.461 e. The average molecular weight is 766 g/mol. The lowest BCUT2D eigenvalue weighted by molar-refractivity contribution is -0.137. The van der Waals surface area contributed by atoms with Gasteiger partial charge in [-0.3, -0.25) is 9.69 Å². The summed E-state index contributed by atoms with van der Waals surface area (Å²) in [5, 5.41) is 9.00. The van der Waals surface area contributed by atoms with Gasteiger partial charge in [-0.2, -0.15) is 28.4 Å². The van der Waals surface area contributed by atoms with Crippen LogP contribution in [-0.2, 0) is 11.0 Å². The summed E-state index contributed by atoms with van der Waals surface area (Å²) in [4.78, 5) is 26.2. The Morgan fingerprint density at radius 1 is 1.19 bits per heavy atom. The number of carbonyl (C=O) groups is 1. The normalized spacial score (nSPS) is 25.3. The van der Waals surface area contributed by atoms with Gasteiger partial charge in [0.15, 0.2) is 5.82 Å². The number of hydrogen-bond acceptors (Lipinski definition) is 9. The monoisotopic (exact) mass is 765 g/mol. The first-order valence-corrected chi connectivity index (χ1v) is 17.8. The van der Waals surface area contributed by atoms with Gasteiger partial charge in [0, 0.05) is 61.9 Å². The number of fused-ring (bicyclic) bond motifs is 3. The van der Waals surface area contributed by atoms with Crippen LogP contribution in [0.3, 0.4) is 0 Å². The molecule has 18 heteroatoms. The van der Waals surface area contributed by atoms with Crippen molar-refractivity contribution in [3.63, 3.8) is 0 Å². The van der Waals surface area contributed by atoms with E-state index in [0.717, 1.165) is 18.6 Å². The summed E-state index contributed by atoms with van der Waals surface area (Å²) in [7, 11) is 1.48. The molecule has 3 aliphatic heterocycles. The van der Waals surface area contributed by atoms with E-state index in [4.69, 9.17) is 10.5 Å². The summed E-state index contributed by atoms with van der Waals surface area (Å²) in [5.74, 6) is -7.75. The molecular formula is C35H31F8N7O2S. The molecule has 1 amide bonds. The van der Waals surface area contributed by atoms with Gasteiger partial charge >= 0.3 is 12.2 Å². The molecule has 0 bridgehead atoms. The molecule has 9 nitrogen and oxygen atoms in total. The second kappa shape index (κ2) is 12.3. The van der Waals surface area contributed by atoms with E-state index in [1.807, 2.05) is 4.90 Å². The SMILES string of the molecule is CN(c1nc(OCC23CCCN2CC(F)C3)nc2c(F)c(-c3ccc(F)c4sc(N)c(C#N)c34)c(C(F)(F)F)cc12)C1CCN(C(=O)C2CC2(F)F)C1. The van der Waals surface area contributed by atoms with E-state index in [1.165, 1.54) is 16.8 Å². The highest BCUT2D eigenvalue weighted by Gasteiger charge is 2.62. The van der Waals surface area contributed by atoms with Gasteiger partial charge in [0.25, 0.3) is 5.92 Å². The summed E-state index contributed by atoms with van der Waals surface area (Å²) in [6.45, 7) is 0.824. The maximum absolute atomic E-state index is 17.1. The molecule has 1 aliphatic carbocycles. The van der Waals surface area contributed by atoms with Gasteiger partial charge in [-0.15, -0.1) is 11.3 Å². The second-order valence-electron chi connectivity index (χ2n) is 14.3. The molecule has 0 radical (unpaired) electrons. The molecule has 4 unspecified atom stereocenters. The molecule has 4 atom stereocenters. The largest absolute Gasteiger partial charge is 0.461 e. The van der Waals surface area contributed by atoms with Gasteiger partial charge < -0.3 is 20.3 Å². The number of carbonyl (C=O) groups excluding carboxylic acids is 1. The van der Waals surface area contributed by atoms with Crippen molar-refractivity contribution in [2.75, 3.05) is 50.5 Å². The van der Waals surface area contributed by atoms with Crippen LogP contribution >= 0.6 is 11.3 Å². The Bertz CT molecular complexity index is 2220. The number of rotatable bonds is 7. The number of likely N-dealkylation sites (N-methyl/N-ethyl adjacent to an activating group) is 1.